The summed E-state index contributed by atoms with van der Waals surface area (Å²) in [6, 6.07) is 17.8. The van der Waals surface area contributed by atoms with Crippen molar-refractivity contribution >= 4 is 12.2 Å². The number of aliphatic hydroxyl groups is 9. The Bertz CT molecular complexity index is 1990. The molecule has 306 valence electrons. The molecule has 2 aliphatic rings. The Balaban J connectivity index is 1.49. The number of phenolic OH excluding ortho intramolecular Hbond substituents is 4. The van der Waals surface area contributed by atoms with E-state index in [1.165, 1.54) is 54.6 Å². The van der Waals surface area contributed by atoms with Gasteiger partial charge in [0, 0.05) is 23.6 Å². The second-order valence-electron chi connectivity index (χ2n) is 13.8. The number of hydrogen-bond donors (Lipinski definition) is 13. The monoisotopic (exact) mass is 796 g/mol. The zero-order chi connectivity index (χ0) is 41.1. The Morgan fingerprint density at radius 3 is 1.63 bits per heavy atom. The normalized spacial score (nSPS) is 28.9. The minimum Gasteiger partial charge on any atom is -0.508 e. The number of benzene rings is 4. The van der Waals surface area contributed by atoms with E-state index in [-0.39, 0.29) is 45.4 Å². The maximum atomic E-state index is 12.4. The van der Waals surface area contributed by atoms with Crippen LogP contribution in [0.25, 0.3) is 12.2 Å². The smallest absolute Gasteiger partial charge is 0.229 e. The molecule has 12 unspecified atom stereocenters. The van der Waals surface area contributed by atoms with Gasteiger partial charge in [-0.05, 0) is 64.7 Å². The predicted octanol–water partition coefficient (Wildman–Crippen LogP) is -0.0977. The highest BCUT2D eigenvalue weighted by Crippen LogP contribution is 2.47. The predicted molar refractivity (Wildman–Crippen MR) is 197 cm³/mol. The molecule has 2 heterocycles. The molecule has 0 aromatic heterocycles. The maximum absolute atomic E-state index is 12.4. The van der Waals surface area contributed by atoms with E-state index in [1.807, 2.05) is 0 Å². The summed E-state index contributed by atoms with van der Waals surface area (Å²) < 4.78 is 22.9. The molecule has 0 spiro atoms. The van der Waals surface area contributed by atoms with Crippen LogP contribution >= 0.6 is 0 Å². The summed E-state index contributed by atoms with van der Waals surface area (Å²) in [6.45, 7) is -1.50. The molecule has 17 nitrogen and oxygen atoms in total. The summed E-state index contributed by atoms with van der Waals surface area (Å²) in [5.41, 5.74) is 1.22. The van der Waals surface area contributed by atoms with Crippen LogP contribution in [0.2, 0.25) is 0 Å². The van der Waals surface area contributed by atoms with E-state index < -0.39 is 92.4 Å². The molecule has 17 heteroatoms. The van der Waals surface area contributed by atoms with Crippen molar-refractivity contribution in [1.82, 2.24) is 0 Å². The van der Waals surface area contributed by atoms with Gasteiger partial charge in [0.15, 0.2) is 0 Å². The van der Waals surface area contributed by atoms with E-state index in [0.717, 1.165) is 12.1 Å². The Morgan fingerprint density at radius 2 is 1.07 bits per heavy atom. The highest BCUT2D eigenvalue weighted by atomic mass is 16.7. The van der Waals surface area contributed by atoms with Crippen LogP contribution in [-0.2, 0) is 9.47 Å². The van der Waals surface area contributed by atoms with Crippen LogP contribution in [0.4, 0.5) is 0 Å². The molecule has 0 amide bonds. The Hall–Kier alpha value is -5.02. The lowest BCUT2D eigenvalue weighted by molar-refractivity contribution is -0.277. The van der Waals surface area contributed by atoms with Crippen molar-refractivity contribution in [3.05, 3.63) is 107 Å². The number of hydrogen-bond acceptors (Lipinski definition) is 17. The van der Waals surface area contributed by atoms with E-state index in [2.05, 4.69) is 0 Å². The van der Waals surface area contributed by atoms with Gasteiger partial charge in [-0.15, -0.1) is 0 Å². The SMILES string of the molecule is OCC1OC(Oc2cc(O)cc(C(O)C(c3ccc(O)cc3)c3c(C=Cc4ccc(O)cc4)cc(O)cc3OC3OC(CO)C(O)C(O)C3O)c2)C(O)C(O)C1O. The van der Waals surface area contributed by atoms with Gasteiger partial charge in [-0.2, -0.15) is 0 Å². The Labute approximate surface area is 325 Å². The largest absolute Gasteiger partial charge is 0.508 e. The fraction of sp³-hybridized carbons (Fsp3) is 0.350. The standard InChI is InChI=1S/C40H44O17/c41-16-28-33(48)35(50)37(52)39(56-28)54-26-13-21(12-24(45)14-26)32(47)31(19-5-9-23(44)10-6-19)30-20(4-1-18-2-7-22(43)8-3-18)11-25(46)15-27(30)55-40-38(53)36(51)34(49)29(17-42)57-40/h1-15,28-29,31-53H,16-17H2. The van der Waals surface area contributed by atoms with Crippen LogP contribution in [0.3, 0.4) is 0 Å². The lowest BCUT2D eigenvalue weighted by atomic mass is 9.80. The quantitative estimate of drug-likeness (QED) is 0.0833. The number of phenols is 4. The number of aromatic hydroxyl groups is 4. The fourth-order valence-electron chi connectivity index (χ4n) is 6.79. The minimum atomic E-state index is -1.88. The van der Waals surface area contributed by atoms with E-state index in [0.29, 0.717) is 11.1 Å². The van der Waals surface area contributed by atoms with Crippen molar-refractivity contribution in [3.63, 3.8) is 0 Å². The molecule has 0 aliphatic carbocycles. The van der Waals surface area contributed by atoms with Crippen LogP contribution < -0.4 is 9.47 Å². The highest BCUT2D eigenvalue weighted by molar-refractivity contribution is 5.75. The third-order valence-electron chi connectivity index (χ3n) is 9.83. The van der Waals surface area contributed by atoms with Crippen molar-refractivity contribution in [2.24, 2.45) is 0 Å². The topological polar surface area (TPSA) is 300 Å². The van der Waals surface area contributed by atoms with Crippen LogP contribution in [-0.4, -0.2) is 141 Å². The molecule has 57 heavy (non-hydrogen) atoms. The summed E-state index contributed by atoms with van der Waals surface area (Å²) in [5.74, 6) is -2.59. The first-order valence-corrected chi connectivity index (χ1v) is 17.8. The second kappa shape index (κ2) is 17.6. The molecular formula is C40H44O17. The molecule has 2 fully saturated rings. The van der Waals surface area contributed by atoms with Crippen molar-refractivity contribution in [2.45, 2.75) is 73.4 Å². The van der Waals surface area contributed by atoms with Crippen molar-refractivity contribution in [1.29, 1.82) is 0 Å². The first kappa shape index (κ1) is 41.6. The molecule has 0 radical (unpaired) electrons. The van der Waals surface area contributed by atoms with Gasteiger partial charge in [0.05, 0.1) is 19.3 Å². The number of rotatable bonds is 12. The molecule has 6 rings (SSSR count). The second-order valence-corrected chi connectivity index (χ2v) is 13.8. The summed E-state index contributed by atoms with van der Waals surface area (Å²) in [6.07, 6.45) is -15.2. The third kappa shape index (κ3) is 9.09. The molecule has 2 saturated heterocycles. The zero-order valence-corrected chi connectivity index (χ0v) is 29.9. The van der Waals surface area contributed by atoms with E-state index in [1.54, 1.807) is 24.3 Å². The molecule has 13 N–H and O–H groups in total. The number of ether oxygens (including phenoxy) is 4. The molecule has 12 atom stereocenters. The zero-order valence-electron chi connectivity index (χ0n) is 29.9. The van der Waals surface area contributed by atoms with Gasteiger partial charge in [0.1, 0.15) is 83.3 Å². The van der Waals surface area contributed by atoms with E-state index in [4.69, 9.17) is 18.9 Å². The van der Waals surface area contributed by atoms with Gasteiger partial charge >= 0.3 is 0 Å². The lowest BCUT2D eigenvalue weighted by Crippen LogP contribution is -2.60. The highest BCUT2D eigenvalue weighted by Gasteiger charge is 2.46. The third-order valence-corrected chi connectivity index (χ3v) is 9.83. The average molecular weight is 797 g/mol. The van der Waals surface area contributed by atoms with Crippen LogP contribution in [0.1, 0.15) is 39.8 Å². The van der Waals surface area contributed by atoms with E-state index in [9.17, 15) is 66.4 Å². The summed E-state index contributed by atoms with van der Waals surface area (Å²) in [4.78, 5) is 0. The Kier molecular flexibility index (Phi) is 12.9. The average Bonchev–Trinajstić information content (AvgIpc) is 3.19. The van der Waals surface area contributed by atoms with Crippen molar-refractivity contribution in [3.8, 4) is 34.5 Å². The molecule has 4 aromatic carbocycles. The summed E-state index contributed by atoms with van der Waals surface area (Å²) in [5, 5.41) is 137. The van der Waals surface area contributed by atoms with Crippen molar-refractivity contribution in [2.75, 3.05) is 13.2 Å². The summed E-state index contributed by atoms with van der Waals surface area (Å²) >= 11 is 0. The molecule has 0 bridgehead atoms. The fourth-order valence-corrected chi connectivity index (χ4v) is 6.79. The molecule has 2 aliphatic heterocycles. The van der Waals surface area contributed by atoms with Gasteiger partial charge < -0.3 is 85.3 Å². The van der Waals surface area contributed by atoms with Crippen LogP contribution in [0.15, 0.2) is 78.9 Å². The lowest BCUT2D eigenvalue weighted by Gasteiger charge is -2.40. The van der Waals surface area contributed by atoms with Crippen molar-refractivity contribution < 1.29 is 85.3 Å². The van der Waals surface area contributed by atoms with Crippen LogP contribution in [0.5, 0.6) is 34.5 Å². The Morgan fingerprint density at radius 1 is 0.544 bits per heavy atom. The number of aliphatic hydroxyl groups excluding tert-OH is 9. The van der Waals surface area contributed by atoms with Gasteiger partial charge in [0.25, 0.3) is 0 Å². The van der Waals surface area contributed by atoms with Gasteiger partial charge in [0.2, 0.25) is 12.6 Å². The molecule has 4 aromatic rings. The van der Waals surface area contributed by atoms with Gasteiger partial charge in [-0.3, -0.25) is 0 Å². The molecular weight excluding hydrogens is 752 g/mol. The minimum absolute atomic E-state index is 0.0110. The van der Waals surface area contributed by atoms with Gasteiger partial charge in [-0.25, -0.2) is 0 Å². The molecule has 0 saturated carbocycles. The first-order valence-electron chi connectivity index (χ1n) is 17.8. The first-order chi connectivity index (χ1) is 27.2. The maximum Gasteiger partial charge on any atom is 0.229 e. The van der Waals surface area contributed by atoms with E-state index >= 15 is 0 Å². The summed E-state index contributed by atoms with van der Waals surface area (Å²) in [7, 11) is 0. The van der Waals surface area contributed by atoms with Crippen LogP contribution in [0, 0.1) is 0 Å². The van der Waals surface area contributed by atoms with Gasteiger partial charge in [-0.1, -0.05) is 36.4 Å².